The largest absolute Gasteiger partial charge is 0.481 e. The number of hydrogen-bond acceptors (Lipinski definition) is 1. The van der Waals surface area contributed by atoms with Gasteiger partial charge < -0.3 is 5.11 Å². The lowest BCUT2D eigenvalue weighted by molar-refractivity contribution is -0.138. The second-order valence-corrected chi connectivity index (χ2v) is 2.22. The molecule has 0 heterocycles. The molecule has 0 aromatic rings. The number of hydrogen-bond donors (Lipinski definition) is 1. The van der Waals surface area contributed by atoms with Gasteiger partial charge in [-0.05, 0) is 12.8 Å². The number of carboxylic acid groups (broad SMARTS) is 1. The number of alkyl halides is 1. The van der Waals surface area contributed by atoms with E-state index in [9.17, 15) is 9.18 Å². The van der Waals surface area contributed by atoms with Gasteiger partial charge in [0.2, 0.25) is 0 Å². The second-order valence-electron chi connectivity index (χ2n) is 2.22. The molecule has 46 valence electrons. The van der Waals surface area contributed by atoms with E-state index in [4.69, 9.17) is 5.11 Å². The molecule has 0 atom stereocenters. The minimum absolute atomic E-state index is 0.312. The standard InChI is InChI=1S/C5H7FO2/c6-5(1-2-5)3-4(7)8/h1-3H2,(H,7,8). The van der Waals surface area contributed by atoms with Crippen molar-refractivity contribution in [3.05, 3.63) is 0 Å². The van der Waals surface area contributed by atoms with E-state index < -0.39 is 11.6 Å². The van der Waals surface area contributed by atoms with E-state index in [1.54, 1.807) is 0 Å². The third kappa shape index (κ3) is 1.18. The molecule has 0 aliphatic heterocycles. The summed E-state index contributed by atoms with van der Waals surface area (Å²) in [6.45, 7) is 0. The van der Waals surface area contributed by atoms with E-state index in [1.165, 1.54) is 0 Å². The van der Waals surface area contributed by atoms with E-state index in [2.05, 4.69) is 0 Å². The average Bonchev–Trinajstić information content (AvgIpc) is 2.17. The summed E-state index contributed by atoms with van der Waals surface area (Å²) in [6.07, 6.45) is 0.547. The Morgan fingerprint density at radius 2 is 2.25 bits per heavy atom. The molecule has 1 rings (SSSR count). The summed E-state index contributed by atoms with van der Waals surface area (Å²) in [5.74, 6) is -1.04. The van der Waals surface area contributed by atoms with Gasteiger partial charge in [-0.2, -0.15) is 0 Å². The van der Waals surface area contributed by atoms with Crippen molar-refractivity contribution in [3.8, 4) is 0 Å². The molecule has 1 N–H and O–H groups in total. The van der Waals surface area contributed by atoms with Crippen molar-refractivity contribution >= 4 is 5.97 Å². The van der Waals surface area contributed by atoms with Crippen molar-refractivity contribution < 1.29 is 14.3 Å². The summed E-state index contributed by atoms with van der Waals surface area (Å²) in [7, 11) is 0. The maximum absolute atomic E-state index is 12.4. The molecule has 1 fully saturated rings. The zero-order valence-electron chi connectivity index (χ0n) is 4.35. The van der Waals surface area contributed by atoms with Gasteiger partial charge in [-0.25, -0.2) is 4.39 Å². The normalized spacial score (nSPS) is 22.6. The Balaban J connectivity index is 2.29. The summed E-state index contributed by atoms with van der Waals surface area (Å²) in [6, 6.07) is 0. The van der Waals surface area contributed by atoms with Gasteiger partial charge in [0.15, 0.2) is 0 Å². The van der Waals surface area contributed by atoms with E-state index >= 15 is 0 Å². The average molecular weight is 118 g/mol. The van der Waals surface area contributed by atoms with Gasteiger partial charge in [0, 0.05) is 0 Å². The molecule has 0 radical (unpaired) electrons. The first-order chi connectivity index (χ1) is 3.62. The Labute approximate surface area is 46.3 Å². The van der Waals surface area contributed by atoms with Gasteiger partial charge in [-0.1, -0.05) is 0 Å². The van der Waals surface area contributed by atoms with Crippen LogP contribution in [-0.2, 0) is 4.79 Å². The number of aliphatic carboxylic acids is 1. The highest BCUT2D eigenvalue weighted by Gasteiger charge is 2.44. The van der Waals surface area contributed by atoms with Gasteiger partial charge in [-0.15, -0.1) is 0 Å². The fraction of sp³-hybridized carbons (Fsp3) is 0.800. The molecule has 1 aliphatic rings. The van der Waals surface area contributed by atoms with Crippen LogP contribution < -0.4 is 0 Å². The first kappa shape index (κ1) is 5.54. The van der Waals surface area contributed by atoms with E-state index in [-0.39, 0.29) is 6.42 Å². The van der Waals surface area contributed by atoms with Crippen LogP contribution in [0.4, 0.5) is 4.39 Å². The van der Waals surface area contributed by atoms with Crippen LogP contribution in [-0.4, -0.2) is 16.7 Å². The minimum atomic E-state index is -1.33. The fourth-order valence-electron chi connectivity index (χ4n) is 0.583. The van der Waals surface area contributed by atoms with Crippen molar-refractivity contribution in [2.24, 2.45) is 0 Å². The number of rotatable bonds is 2. The van der Waals surface area contributed by atoms with Gasteiger partial charge >= 0.3 is 5.97 Å². The number of halogens is 1. The van der Waals surface area contributed by atoms with Crippen LogP contribution in [0.5, 0.6) is 0 Å². The molecule has 0 aromatic heterocycles. The molecule has 3 heteroatoms. The Hall–Kier alpha value is -0.600. The highest BCUT2D eigenvalue weighted by atomic mass is 19.1. The Bertz CT molecular complexity index is 118. The van der Waals surface area contributed by atoms with Gasteiger partial charge in [0.25, 0.3) is 0 Å². The highest BCUT2D eigenvalue weighted by Crippen LogP contribution is 2.42. The van der Waals surface area contributed by atoms with Gasteiger partial charge in [0.05, 0.1) is 6.42 Å². The molecule has 0 amide bonds. The van der Waals surface area contributed by atoms with Crippen LogP contribution in [0, 0.1) is 0 Å². The van der Waals surface area contributed by atoms with Crippen LogP contribution in [0.2, 0.25) is 0 Å². The topological polar surface area (TPSA) is 37.3 Å². The van der Waals surface area contributed by atoms with Gasteiger partial charge in [0.1, 0.15) is 5.67 Å². The molecule has 0 saturated heterocycles. The van der Waals surface area contributed by atoms with Crippen LogP contribution in [0.3, 0.4) is 0 Å². The van der Waals surface area contributed by atoms with E-state index in [1.807, 2.05) is 0 Å². The maximum Gasteiger partial charge on any atom is 0.306 e. The van der Waals surface area contributed by atoms with Gasteiger partial charge in [-0.3, -0.25) is 4.79 Å². The Morgan fingerprint density at radius 1 is 1.75 bits per heavy atom. The molecule has 1 aliphatic carbocycles. The molecule has 0 unspecified atom stereocenters. The molecule has 2 nitrogen and oxygen atoms in total. The predicted octanol–water partition coefficient (Wildman–Crippen LogP) is 0.963. The van der Waals surface area contributed by atoms with Crippen LogP contribution >= 0.6 is 0 Å². The summed E-state index contributed by atoms with van der Waals surface area (Å²) in [5.41, 5.74) is -1.33. The number of carbonyl (C=O) groups is 1. The quantitative estimate of drug-likeness (QED) is 0.586. The van der Waals surface area contributed by atoms with Crippen molar-refractivity contribution in [2.45, 2.75) is 24.9 Å². The lowest BCUT2D eigenvalue weighted by atomic mass is 10.3. The molecular formula is C5H7FO2. The maximum atomic E-state index is 12.4. The summed E-state index contributed by atoms with van der Waals surface area (Å²) < 4.78 is 12.4. The lowest BCUT2D eigenvalue weighted by Crippen LogP contribution is -2.07. The third-order valence-corrected chi connectivity index (χ3v) is 1.26. The van der Waals surface area contributed by atoms with Crippen LogP contribution in [0.15, 0.2) is 0 Å². The fourth-order valence-corrected chi connectivity index (χ4v) is 0.583. The Morgan fingerprint density at radius 3 is 2.38 bits per heavy atom. The minimum Gasteiger partial charge on any atom is -0.481 e. The van der Waals surface area contributed by atoms with Crippen molar-refractivity contribution in [2.75, 3.05) is 0 Å². The van der Waals surface area contributed by atoms with E-state index in [0.29, 0.717) is 12.8 Å². The molecule has 1 saturated carbocycles. The molecule has 8 heavy (non-hydrogen) atoms. The predicted molar refractivity (Wildman–Crippen MR) is 25.3 cm³/mol. The Kier molecular flexibility index (Phi) is 0.994. The molecular weight excluding hydrogens is 111 g/mol. The lowest BCUT2D eigenvalue weighted by Gasteiger charge is -1.95. The monoisotopic (exact) mass is 118 g/mol. The van der Waals surface area contributed by atoms with Crippen LogP contribution in [0.1, 0.15) is 19.3 Å². The molecule has 0 aromatic carbocycles. The summed E-state index contributed by atoms with van der Waals surface area (Å²) >= 11 is 0. The molecule has 0 bridgehead atoms. The highest BCUT2D eigenvalue weighted by molar-refractivity contribution is 5.68. The van der Waals surface area contributed by atoms with E-state index in [0.717, 1.165) is 0 Å². The SMILES string of the molecule is O=C(O)CC1(F)CC1. The van der Waals surface area contributed by atoms with Crippen molar-refractivity contribution in [3.63, 3.8) is 0 Å². The second kappa shape index (κ2) is 1.44. The zero-order valence-corrected chi connectivity index (χ0v) is 4.35. The first-order valence-electron chi connectivity index (χ1n) is 2.53. The van der Waals surface area contributed by atoms with Crippen molar-refractivity contribution in [1.82, 2.24) is 0 Å². The first-order valence-corrected chi connectivity index (χ1v) is 2.53. The summed E-state index contributed by atoms with van der Waals surface area (Å²) in [4.78, 5) is 9.81. The smallest absolute Gasteiger partial charge is 0.306 e. The van der Waals surface area contributed by atoms with Crippen LogP contribution in [0.25, 0.3) is 0 Å². The van der Waals surface area contributed by atoms with Crippen molar-refractivity contribution in [1.29, 1.82) is 0 Å². The summed E-state index contributed by atoms with van der Waals surface area (Å²) in [5, 5.41) is 8.05. The third-order valence-electron chi connectivity index (χ3n) is 1.26. The number of carboxylic acids is 1. The molecule has 0 spiro atoms. The zero-order chi connectivity index (χ0) is 6.20.